The Morgan fingerprint density at radius 2 is 1.97 bits per heavy atom. The van der Waals surface area contributed by atoms with Crippen molar-refractivity contribution in [2.24, 2.45) is 13.0 Å². The predicted molar refractivity (Wildman–Crippen MR) is 106 cm³/mol. The molecule has 154 valence electrons. The number of nitrogens with zero attached hydrogens (tertiary/aromatic N) is 3. The lowest BCUT2D eigenvalue weighted by molar-refractivity contribution is -0.120. The summed E-state index contributed by atoms with van der Waals surface area (Å²) in [7, 11) is -2.47. The number of hydrogen-bond acceptors (Lipinski definition) is 5. The van der Waals surface area contributed by atoms with Crippen molar-refractivity contribution in [3.63, 3.8) is 0 Å². The molecule has 2 aliphatic heterocycles. The van der Waals surface area contributed by atoms with Gasteiger partial charge in [0.1, 0.15) is 10.0 Å². The van der Waals surface area contributed by atoms with Crippen molar-refractivity contribution in [2.45, 2.75) is 24.3 Å². The zero-order valence-electron chi connectivity index (χ0n) is 16.1. The van der Waals surface area contributed by atoms with Crippen LogP contribution < -0.4 is 10.6 Å². The van der Waals surface area contributed by atoms with Crippen LogP contribution >= 0.6 is 11.6 Å². The summed E-state index contributed by atoms with van der Waals surface area (Å²) < 4.78 is 29.1. The van der Waals surface area contributed by atoms with Gasteiger partial charge in [-0.3, -0.25) is 14.3 Å². The summed E-state index contributed by atoms with van der Waals surface area (Å²) in [5.41, 5.74) is -0.0879. The molecule has 4 rings (SSSR count). The summed E-state index contributed by atoms with van der Waals surface area (Å²) in [6, 6.07) is 6.66. The quantitative estimate of drug-likeness (QED) is 0.731. The lowest BCUT2D eigenvalue weighted by atomic mass is 9.86. The number of carbonyl (C=O) groups excluding carboxylic acids is 2. The van der Waals surface area contributed by atoms with E-state index in [0.29, 0.717) is 11.3 Å². The highest BCUT2D eigenvalue weighted by atomic mass is 35.5. The molecule has 11 heteroatoms. The number of nitrogens with one attached hydrogen (secondary N) is 2. The number of aryl methyl sites for hydroxylation is 2. The topological polar surface area (TPSA) is 113 Å². The molecule has 0 unspecified atom stereocenters. The predicted octanol–water partition coefficient (Wildman–Crippen LogP) is 1.14. The number of benzene rings is 1. The van der Waals surface area contributed by atoms with Crippen LogP contribution in [-0.4, -0.2) is 52.9 Å². The molecule has 1 aromatic heterocycles. The number of anilines is 1. The lowest BCUT2D eigenvalue weighted by Gasteiger charge is -2.33. The van der Waals surface area contributed by atoms with Crippen LogP contribution in [0.1, 0.15) is 23.0 Å². The van der Waals surface area contributed by atoms with E-state index in [2.05, 4.69) is 15.7 Å². The van der Waals surface area contributed by atoms with Crippen LogP contribution in [0.4, 0.5) is 5.69 Å². The molecule has 0 spiro atoms. The summed E-state index contributed by atoms with van der Waals surface area (Å²) >= 11 is 6.18. The number of fused-ring (bicyclic) bond motifs is 2. The van der Waals surface area contributed by atoms with E-state index in [9.17, 15) is 18.0 Å². The molecular formula is C18H20ClN5O4S. The van der Waals surface area contributed by atoms with Gasteiger partial charge >= 0.3 is 0 Å². The van der Waals surface area contributed by atoms with Crippen LogP contribution in [0.15, 0.2) is 29.2 Å². The molecule has 1 saturated heterocycles. The highest BCUT2D eigenvalue weighted by Gasteiger charge is 2.53. The van der Waals surface area contributed by atoms with Crippen molar-refractivity contribution in [3.8, 4) is 0 Å². The number of amides is 2. The van der Waals surface area contributed by atoms with E-state index in [4.69, 9.17) is 11.6 Å². The van der Waals surface area contributed by atoms with Crippen LogP contribution in [0.3, 0.4) is 0 Å². The van der Waals surface area contributed by atoms with Gasteiger partial charge < -0.3 is 10.6 Å². The van der Waals surface area contributed by atoms with Gasteiger partial charge in [0.25, 0.3) is 5.91 Å². The van der Waals surface area contributed by atoms with Crippen molar-refractivity contribution < 1.29 is 18.0 Å². The van der Waals surface area contributed by atoms with Gasteiger partial charge in [0, 0.05) is 20.1 Å². The molecular weight excluding hydrogens is 418 g/mol. The number of sulfonamides is 1. The Morgan fingerprint density at radius 1 is 1.28 bits per heavy atom. The maximum atomic E-state index is 13.3. The van der Waals surface area contributed by atoms with Crippen molar-refractivity contribution >= 4 is 39.1 Å². The fraction of sp³-hybridized carbons (Fsp3) is 0.389. The Labute approximate surface area is 173 Å². The van der Waals surface area contributed by atoms with E-state index in [1.807, 2.05) is 0 Å². The number of para-hydroxylation sites is 1. The second-order valence-electron chi connectivity index (χ2n) is 7.59. The van der Waals surface area contributed by atoms with Gasteiger partial charge in [-0.15, -0.1) is 0 Å². The molecule has 3 heterocycles. The Kier molecular flexibility index (Phi) is 4.48. The number of rotatable bonds is 2. The first-order valence-corrected chi connectivity index (χ1v) is 10.8. The third-order valence-corrected chi connectivity index (χ3v) is 8.01. The minimum atomic E-state index is -4.02. The maximum Gasteiger partial charge on any atom is 0.253 e. The van der Waals surface area contributed by atoms with Crippen LogP contribution in [0.25, 0.3) is 0 Å². The Hall–Kier alpha value is -2.43. The SMILES string of the molecule is Cc1nn(C)c(Cl)c1S(=O)(=O)N1C[C@H]2C(=O)Nc3ccccc3C(=O)N[C@@]2(C)C1. The van der Waals surface area contributed by atoms with Gasteiger partial charge in [0.2, 0.25) is 15.9 Å². The molecule has 2 atom stereocenters. The van der Waals surface area contributed by atoms with Crippen LogP contribution in [0, 0.1) is 12.8 Å². The highest BCUT2D eigenvalue weighted by Crippen LogP contribution is 2.37. The van der Waals surface area contributed by atoms with Gasteiger partial charge in [0.15, 0.2) is 0 Å². The third-order valence-electron chi connectivity index (χ3n) is 5.50. The van der Waals surface area contributed by atoms with E-state index in [-0.39, 0.29) is 40.6 Å². The number of halogens is 1. The Balaban J connectivity index is 1.74. The van der Waals surface area contributed by atoms with Gasteiger partial charge in [-0.05, 0) is 26.0 Å². The third kappa shape index (κ3) is 3.02. The molecule has 0 saturated carbocycles. The zero-order valence-corrected chi connectivity index (χ0v) is 17.6. The summed E-state index contributed by atoms with van der Waals surface area (Å²) in [4.78, 5) is 25.6. The van der Waals surface area contributed by atoms with Crippen LogP contribution in [0.5, 0.6) is 0 Å². The molecule has 1 fully saturated rings. The smallest absolute Gasteiger partial charge is 0.253 e. The molecule has 29 heavy (non-hydrogen) atoms. The monoisotopic (exact) mass is 437 g/mol. The first-order valence-electron chi connectivity index (χ1n) is 8.96. The summed E-state index contributed by atoms with van der Waals surface area (Å²) in [5.74, 6) is -1.50. The zero-order chi connectivity index (χ0) is 21.1. The maximum absolute atomic E-state index is 13.3. The second-order valence-corrected chi connectivity index (χ2v) is 9.82. The van der Waals surface area contributed by atoms with Gasteiger partial charge in [0.05, 0.1) is 28.4 Å². The fourth-order valence-electron chi connectivity index (χ4n) is 4.00. The van der Waals surface area contributed by atoms with Gasteiger partial charge in [-0.2, -0.15) is 9.40 Å². The van der Waals surface area contributed by atoms with E-state index in [0.717, 1.165) is 0 Å². The minimum absolute atomic E-state index is 0.00198. The Bertz CT molecular complexity index is 1150. The van der Waals surface area contributed by atoms with Crippen molar-refractivity contribution in [2.75, 3.05) is 18.4 Å². The first kappa shape index (κ1) is 19.9. The average Bonchev–Trinajstić information content (AvgIpc) is 3.11. The number of aromatic nitrogens is 2. The lowest BCUT2D eigenvalue weighted by Crippen LogP contribution is -2.56. The van der Waals surface area contributed by atoms with E-state index < -0.39 is 21.5 Å². The first-order chi connectivity index (χ1) is 13.5. The van der Waals surface area contributed by atoms with Crippen molar-refractivity contribution in [1.29, 1.82) is 0 Å². The fourth-order valence-corrected chi connectivity index (χ4v) is 6.27. The molecule has 1 aromatic carbocycles. The van der Waals surface area contributed by atoms with E-state index >= 15 is 0 Å². The average molecular weight is 438 g/mol. The molecule has 2 aliphatic rings. The second kappa shape index (κ2) is 6.54. The summed E-state index contributed by atoms with van der Waals surface area (Å²) in [5, 5.41) is 9.70. The molecule has 2 amide bonds. The van der Waals surface area contributed by atoms with E-state index in [1.54, 1.807) is 45.2 Å². The molecule has 9 nitrogen and oxygen atoms in total. The molecule has 0 aliphatic carbocycles. The summed E-state index contributed by atoms with van der Waals surface area (Å²) in [6.45, 7) is 3.09. The van der Waals surface area contributed by atoms with Crippen LogP contribution in [-0.2, 0) is 21.9 Å². The standard InChI is InChI=1S/C18H20ClN5O4S/c1-10-14(15(19)23(3)22-10)29(27,28)24-8-12-17(26)20-13-7-5-4-6-11(13)16(25)21-18(12,2)9-24/h4-7,12H,8-9H2,1-3H3,(H,20,26)(H,21,25)/t12-,18-/m0/s1. The molecule has 0 radical (unpaired) electrons. The minimum Gasteiger partial charge on any atom is -0.345 e. The van der Waals surface area contributed by atoms with Crippen LogP contribution in [0.2, 0.25) is 5.15 Å². The van der Waals surface area contributed by atoms with E-state index in [1.165, 1.54) is 8.99 Å². The summed E-state index contributed by atoms with van der Waals surface area (Å²) in [6.07, 6.45) is 0. The Morgan fingerprint density at radius 3 is 2.62 bits per heavy atom. The normalized spacial score (nSPS) is 24.9. The molecule has 2 N–H and O–H groups in total. The molecule has 2 aromatic rings. The largest absolute Gasteiger partial charge is 0.345 e. The number of carbonyl (C=O) groups is 2. The number of hydrogen-bond donors (Lipinski definition) is 2. The van der Waals surface area contributed by atoms with Gasteiger partial charge in [-0.1, -0.05) is 23.7 Å². The molecule has 0 bridgehead atoms. The van der Waals surface area contributed by atoms with Crippen molar-refractivity contribution in [3.05, 3.63) is 40.7 Å². The van der Waals surface area contributed by atoms with Crippen molar-refractivity contribution in [1.82, 2.24) is 19.4 Å². The highest BCUT2D eigenvalue weighted by molar-refractivity contribution is 7.89. The van der Waals surface area contributed by atoms with Gasteiger partial charge in [-0.25, -0.2) is 8.42 Å².